The van der Waals surface area contributed by atoms with Crippen LogP contribution in [0.15, 0.2) is 53.0 Å². The van der Waals surface area contributed by atoms with Gasteiger partial charge in [-0.15, -0.1) is 0 Å². The van der Waals surface area contributed by atoms with E-state index in [1.165, 1.54) is 10.4 Å². The molecule has 0 radical (unpaired) electrons. The number of amides is 1. The van der Waals surface area contributed by atoms with Crippen molar-refractivity contribution in [1.82, 2.24) is 9.21 Å². The summed E-state index contributed by atoms with van der Waals surface area (Å²) in [6.07, 6.45) is 3.10. The second-order valence-corrected chi connectivity index (χ2v) is 8.22. The number of nitrogens with zero attached hydrogens (tertiary/aromatic N) is 2. The number of hydrogen-bond acceptors (Lipinski definition) is 4. The predicted octanol–water partition coefficient (Wildman–Crippen LogP) is 2.28. The average Bonchev–Trinajstić information content (AvgIpc) is 3.05. The molecular weight excluding hydrogens is 352 g/mol. The zero-order chi connectivity index (χ0) is 18.6. The highest BCUT2D eigenvalue weighted by Crippen LogP contribution is 2.14. The molecule has 2 aromatic rings. The minimum absolute atomic E-state index is 0.0144. The quantitative estimate of drug-likeness (QED) is 0.753. The monoisotopic (exact) mass is 374 g/mol. The second-order valence-electron chi connectivity index (χ2n) is 6.25. The van der Waals surface area contributed by atoms with E-state index in [9.17, 15) is 13.2 Å². The first-order valence-electron chi connectivity index (χ1n) is 8.49. The van der Waals surface area contributed by atoms with Crippen LogP contribution in [0.3, 0.4) is 0 Å². The van der Waals surface area contributed by atoms with Gasteiger partial charge in [-0.05, 0) is 30.7 Å². The van der Waals surface area contributed by atoms with Gasteiger partial charge in [-0.25, -0.2) is 8.42 Å². The van der Waals surface area contributed by atoms with Crippen LogP contribution in [0.25, 0.3) is 6.08 Å². The Kier molecular flexibility index (Phi) is 5.58. The summed E-state index contributed by atoms with van der Waals surface area (Å²) in [7, 11) is -3.38. The Morgan fingerprint density at radius 2 is 1.77 bits per heavy atom. The SMILES string of the molecule is Cc1ccc(/C=C/C(=O)N2CCN(S(=O)(=O)Cc3ccccc3)CC2)o1. The molecule has 0 N–H and O–H groups in total. The van der Waals surface area contributed by atoms with Crippen molar-refractivity contribution in [2.24, 2.45) is 0 Å². The molecule has 1 aliphatic heterocycles. The Morgan fingerprint density at radius 1 is 1.08 bits per heavy atom. The molecule has 1 aromatic carbocycles. The van der Waals surface area contributed by atoms with E-state index in [2.05, 4.69) is 0 Å². The standard InChI is InChI=1S/C19H22N2O4S/c1-16-7-8-18(25-16)9-10-19(22)20-11-13-21(14-12-20)26(23,24)15-17-5-3-2-4-6-17/h2-10H,11-15H2,1H3/b10-9+. The number of sulfonamides is 1. The molecule has 3 rings (SSSR count). The molecule has 7 heteroatoms. The minimum Gasteiger partial charge on any atom is -0.462 e. The van der Waals surface area contributed by atoms with Crippen molar-refractivity contribution in [3.8, 4) is 0 Å². The normalized spacial score (nSPS) is 16.3. The van der Waals surface area contributed by atoms with Crippen LogP contribution in [0.4, 0.5) is 0 Å². The maximum Gasteiger partial charge on any atom is 0.246 e. The van der Waals surface area contributed by atoms with E-state index < -0.39 is 10.0 Å². The Morgan fingerprint density at radius 3 is 2.38 bits per heavy atom. The zero-order valence-corrected chi connectivity index (χ0v) is 15.5. The van der Waals surface area contributed by atoms with Gasteiger partial charge in [-0.2, -0.15) is 4.31 Å². The van der Waals surface area contributed by atoms with Gasteiger partial charge < -0.3 is 9.32 Å². The number of benzene rings is 1. The van der Waals surface area contributed by atoms with Crippen molar-refractivity contribution in [1.29, 1.82) is 0 Å². The fourth-order valence-electron chi connectivity index (χ4n) is 2.86. The van der Waals surface area contributed by atoms with Gasteiger partial charge in [-0.3, -0.25) is 4.79 Å². The third-order valence-electron chi connectivity index (χ3n) is 4.29. The molecule has 1 saturated heterocycles. The largest absolute Gasteiger partial charge is 0.462 e. The minimum atomic E-state index is -3.38. The van der Waals surface area contributed by atoms with E-state index in [1.54, 1.807) is 29.2 Å². The van der Waals surface area contributed by atoms with Crippen molar-refractivity contribution >= 4 is 22.0 Å². The van der Waals surface area contributed by atoms with Crippen molar-refractivity contribution in [3.05, 3.63) is 65.6 Å². The van der Waals surface area contributed by atoms with Gasteiger partial charge in [0.2, 0.25) is 15.9 Å². The lowest BCUT2D eigenvalue weighted by molar-refractivity contribution is -0.127. The molecule has 2 heterocycles. The molecule has 0 spiro atoms. The lowest BCUT2D eigenvalue weighted by Gasteiger charge is -2.33. The molecule has 138 valence electrons. The molecule has 1 amide bonds. The van der Waals surface area contributed by atoms with Gasteiger partial charge in [0.15, 0.2) is 0 Å². The Balaban J connectivity index is 1.55. The number of furan rings is 1. The molecule has 1 aliphatic rings. The number of piperazine rings is 1. The fraction of sp³-hybridized carbons (Fsp3) is 0.316. The van der Waals surface area contributed by atoms with Gasteiger partial charge in [-0.1, -0.05) is 30.3 Å². The number of aryl methyl sites for hydroxylation is 1. The van der Waals surface area contributed by atoms with Crippen LogP contribution in [0.1, 0.15) is 17.1 Å². The van der Waals surface area contributed by atoms with Crippen molar-refractivity contribution in [2.75, 3.05) is 26.2 Å². The fourth-order valence-corrected chi connectivity index (χ4v) is 4.38. The summed E-state index contributed by atoms with van der Waals surface area (Å²) < 4.78 is 31.9. The number of rotatable bonds is 5. The van der Waals surface area contributed by atoms with Crippen LogP contribution in [0.5, 0.6) is 0 Å². The molecule has 0 bridgehead atoms. The van der Waals surface area contributed by atoms with Crippen LogP contribution < -0.4 is 0 Å². The van der Waals surface area contributed by atoms with E-state index in [1.807, 2.05) is 31.2 Å². The average molecular weight is 374 g/mol. The predicted molar refractivity (Wildman–Crippen MR) is 99.7 cm³/mol. The van der Waals surface area contributed by atoms with Crippen LogP contribution in [-0.2, 0) is 20.6 Å². The molecule has 0 saturated carbocycles. The van der Waals surface area contributed by atoms with Gasteiger partial charge in [0, 0.05) is 32.3 Å². The molecule has 0 aliphatic carbocycles. The smallest absolute Gasteiger partial charge is 0.246 e. The third-order valence-corrected chi connectivity index (χ3v) is 6.14. The maximum atomic E-state index is 12.5. The van der Waals surface area contributed by atoms with E-state index in [0.29, 0.717) is 31.9 Å². The number of hydrogen-bond donors (Lipinski definition) is 0. The lowest BCUT2D eigenvalue weighted by Crippen LogP contribution is -2.50. The van der Waals surface area contributed by atoms with E-state index >= 15 is 0 Å². The van der Waals surface area contributed by atoms with Crippen molar-refractivity contribution in [2.45, 2.75) is 12.7 Å². The number of carbonyl (C=O) groups is 1. The third kappa shape index (κ3) is 4.62. The summed E-state index contributed by atoms with van der Waals surface area (Å²) in [6, 6.07) is 12.8. The molecular formula is C19H22N2O4S. The first kappa shape index (κ1) is 18.4. The lowest BCUT2D eigenvalue weighted by atomic mass is 10.2. The van der Waals surface area contributed by atoms with Gasteiger partial charge >= 0.3 is 0 Å². The molecule has 1 fully saturated rings. The number of carbonyl (C=O) groups excluding carboxylic acids is 1. The summed E-state index contributed by atoms with van der Waals surface area (Å²) >= 11 is 0. The summed E-state index contributed by atoms with van der Waals surface area (Å²) in [5, 5.41) is 0. The van der Waals surface area contributed by atoms with E-state index in [4.69, 9.17) is 4.42 Å². The van der Waals surface area contributed by atoms with Crippen LogP contribution in [-0.4, -0.2) is 49.7 Å². The maximum absolute atomic E-state index is 12.5. The van der Waals surface area contributed by atoms with E-state index in [-0.39, 0.29) is 11.7 Å². The first-order chi connectivity index (χ1) is 12.4. The first-order valence-corrected chi connectivity index (χ1v) is 10.1. The van der Waals surface area contributed by atoms with Crippen LogP contribution in [0, 0.1) is 6.92 Å². The highest BCUT2D eigenvalue weighted by molar-refractivity contribution is 7.88. The Labute approximate surface area is 153 Å². The van der Waals surface area contributed by atoms with Gasteiger partial charge in [0.1, 0.15) is 11.5 Å². The molecule has 26 heavy (non-hydrogen) atoms. The van der Waals surface area contributed by atoms with Crippen LogP contribution >= 0.6 is 0 Å². The molecule has 0 unspecified atom stereocenters. The summed E-state index contributed by atoms with van der Waals surface area (Å²) in [4.78, 5) is 13.9. The highest BCUT2D eigenvalue weighted by atomic mass is 32.2. The molecule has 6 nitrogen and oxygen atoms in total. The summed E-state index contributed by atoms with van der Waals surface area (Å²) in [5.74, 6) is 1.26. The van der Waals surface area contributed by atoms with Crippen molar-refractivity contribution < 1.29 is 17.6 Å². The van der Waals surface area contributed by atoms with Gasteiger partial charge in [0.25, 0.3) is 0 Å². The Hall–Kier alpha value is -2.38. The van der Waals surface area contributed by atoms with E-state index in [0.717, 1.165) is 11.3 Å². The molecule has 0 atom stereocenters. The topological polar surface area (TPSA) is 70.8 Å². The highest BCUT2D eigenvalue weighted by Gasteiger charge is 2.28. The Bertz CT molecular complexity index is 879. The zero-order valence-electron chi connectivity index (χ0n) is 14.7. The molecule has 1 aromatic heterocycles. The summed E-state index contributed by atoms with van der Waals surface area (Å²) in [5.41, 5.74) is 0.766. The van der Waals surface area contributed by atoms with Crippen molar-refractivity contribution in [3.63, 3.8) is 0 Å². The van der Waals surface area contributed by atoms with Crippen LogP contribution in [0.2, 0.25) is 0 Å². The summed E-state index contributed by atoms with van der Waals surface area (Å²) in [6.45, 7) is 3.24. The van der Waals surface area contributed by atoms with Gasteiger partial charge in [0.05, 0.1) is 5.75 Å². The second kappa shape index (κ2) is 7.88.